The summed E-state index contributed by atoms with van der Waals surface area (Å²) in [6.07, 6.45) is 1.82. The fraction of sp³-hybridized carbons (Fsp3) is 0.115. The van der Waals surface area contributed by atoms with Crippen LogP contribution in [0.25, 0.3) is 11.1 Å². The van der Waals surface area contributed by atoms with Gasteiger partial charge in [-0.05, 0) is 40.5 Å². The lowest BCUT2D eigenvalue weighted by atomic mass is 10.0. The van der Waals surface area contributed by atoms with Gasteiger partial charge in [0.05, 0.1) is 0 Å². The third kappa shape index (κ3) is 5.04. The quantitative estimate of drug-likeness (QED) is 0.435. The van der Waals surface area contributed by atoms with Crippen LogP contribution in [0.2, 0.25) is 0 Å². The minimum Gasteiger partial charge on any atom is -0.489 e. The second kappa shape index (κ2) is 9.72. The van der Waals surface area contributed by atoms with Crippen LogP contribution in [0, 0.1) is 0 Å². The lowest BCUT2D eigenvalue weighted by Crippen LogP contribution is -2.01. The van der Waals surface area contributed by atoms with Gasteiger partial charge < -0.3 is 15.2 Å². The molecule has 0 fully saturated rings. The van der Waals surface area contributed by atoms with Gasteiger partial charge >= 0.3 is 0 Å². The minimum atomic E-state index is 0.445. The molecule has 4 aromatic rings. The number of benzene rings is 3. The van der Waals surface area contributed by atoms with E-state index in [1.807, 2.05) is 97.2 Å². The van der Waals surface area contributed by atoms with Crippen molar-refractivity contribution in [1.82, 2.24) is 4.98 Å². The Morgan fingerprint density at radius 3 is 1.97 bits per heavy atom. The molecule has 1 aromatic heterocycles. The maximum atomic E-state index is 5.98. The largest absolute Gasteiger partial charge is 0.489 e. The SMILES string of the molecule is NCc1ccc(OCc2ccccc2)cc1-c1ccc(OCc2ccccc2)nc1. The number of nitrogens with two attached hydrogens (primary N) is 1. The molecule has 3 aromatic carbocycles. The van der Waals surface area contributed by atoms with Crippen LogP contribution >= 0.6 is 0 Å². The highest BCUT2D eigenvalue weighted by molar-refractivity contribution is 5.68. The van der Waals surface area contributed by atoms with E-state index in [-0.39, 0.29) is 0 Å². The molecule has 0 saturated heterocycles. The Morgan fingerprint density at radius 1 is 0.700 bits per heavy atom. The molecular formula is C26H24N2O2. The number of hydrogen-bond acceptors (Lipinski definition) is 4. The molecule has 4 rings (SSSR count). The normalized spacial score (nSPS) is 10.6. The molecule has 2 N–H and O–H groups in total. The first-order chi connectivity index (χ1) is 14.8. The minimum absolute atomic E-state index is 0.445. The molecule has 30 heavy (non-hydrogen) atoms. The van der Waals surface area contributed by atoms with Gasteiger partial charge in [-0.3, -0.25) is 0 Å². The number of pyridine rings is 1. The van der Waals surface area contributed by atoms with Crippen LogP contribution in [0.5, 0.6) is 11.6 Å². The molecule has 0 saturated carbocycles. The summed E-state index contributed by atoms with van der Waals surface area (Å²) in [5, 5.41) is 0. The van der Waals surface area contributed by atoms with Gasteiger partial charge in [0.1, 0.15) is 19.0 Å². The first-order valence-electron chi connectivity index (χ1n) is 9.95. The zero-order chi connectivity index (χ0) is 20.6. The predicted octanol–water partition coefficient (Wildman–Crippen LogP) is 5.37. The van der Waals surface area contributed by atoms with Crippen molar-refractivity contribution in [2.24, 2.45) is 5.73 Å². The van der Waals surface area contributed by atoms with Crippen LogP contribution in [0.15, 0.2) is 97.2 Å². The van der Waals surface area contributed by atoms with E-state index in [4.69, 9.17) is 15.2 Å². The van der Waals surface area contributed by atoms with E-state index in [0.717, 1.165) is 33.6 Å². The average Bonchev–Trinajstić information content (AvgIpc) is 2.83. The van der Waals surface area contributed by atoms with Crippen LogP contribution in [-0.4, -0.2) is 4.98 Å². The number of ether oxygens (including phenoxy) is 2. The lowest BCUT2D eigenvalue weighted by molar-refractivity contribution is 0.294. The van der Waals surface area contributed by atoms with E-state index in [0.29, 0.717) is 25.6 Å². The first kappa shape index (κ1) is 19.7. The molecule has 4 nitrogen and oxygen atoms in total. The summed E-state index contributed by atoms with van der Waals surface area (Å²) in [5.41, 5.74) is 11.2. The standard InChI is InChI=1S/C26H24N2O2/c27-16-22-11-13-24(29-18-20-7-3-1-4-8-20)15-25(22)23-12-14-26(28-17-23)30-19-21-9-5-2-6-10-21/h1-15,17H,16,18-19,27H2. The Bertz CT molecular complexity index is 1070. The molecule has 0 bridgehead atoms. The van der Waals surface area contributed by atoms with Crippen LogP contribution in [0.4, 0.5) is 0 Å². The highest BCUT2D eigenvalue weighted by atomic mass is 16.5. The van der Waals surface area contributed by atoms with Gasteiger partial charge in [0.15, 0.2) is 0 Å². The molecule has 0 amide bonds. The van der Waals surface area contributed by atoms with Crippen molar-refractivity contribution in [1.29, 1.82) is 0 Å². The van der Waals surface area contributed by atoms with Gasteiger partial charge in [0.25, 0.3) is 0 Å². The molecule has 4 heteroatoms. The van der Waals surface area contributed by atoms with Crippen LogP contribution in [-0.2, 0) is 19.8 Å². The maximum Gasteiger partial charge on any atom is 0.213 e. The van der Waals surface area contributed by atoms with E-state index < -0.39 is 0 Å². The molecule has 0 unspecified atom stereocenters. The van der Waals surface area contributed by atoms with Crippen LogP contribution < -0.4 is 15.2 Å². The van der Waals surface area contributed by atoms with Crippen molar-refractivity contribution in [3.63, 3.8) is 0 Å². The van der Waals surface area contributed by atoms with Gasteiger partial charge in [-0.1, -0.05) is 66.7 Å². The Labute approximate surface area is 176 Å². The highest BCUT2D eigenvalue weighted by Crippen LogP contribution is 2.29. The van der Waals surface area contributed by atoms with Gasteiger partial charge in [-0.2, -0.15) is 0 Å². The van der Waals surface area contributed by atoms with Crippen molar-refractivity contribution in [3.8, 4) is 22.8 Å². The summed E-state index contributed by atoms with van der Waals surface area (Å²) in [6.45, 7) is 1.46. The van der Waals surface area contributed by atoms with E-state index in [1.54, 1.807) is 0 Å². The third-order valence-electron chi connectivity index (χ3n) is 4.83. The number of hydrogen-bond donors (Lipinski definition) is 1. The van der Waals surface area contributed by atoms with Crippen LogP contribution in [0.1, 0.15) is 16.7 Å². The van der Waals surface area contributed by atoms with E-state index in [2.05, 4.69) is 4.98 Å². The van der Waals surface area contributed by atoms with E-state index in [1.165, 1.54) is 0 Å². The molecular weight excluding hydrogens is 372 g/mol. The van der Waals surface area contributed by atoms with E-state index in [9.17, 15) is 0 Å². The summed E-state index contributed by atoms with van der Waals surface area (Å²) in [6, 6.07) is 30.0. The average molecular weight is 396 g/mol. The summed E-state index contributed by atoms with van der Waals surface area (Å²) in [5.74, 6) is 1.39. The van der Waals surface area contributed by atoms with Crippen molar-refractivity contribution < 1.29 is 9.47 Å². The fourth-order valence-electron chi connectivity index (χ4n) is 3.19. The van der Waals surface area contributed by atoms with Gasteiger partial charge in [-0.25, -0.2) is 4.98 Å². The zero-order valence-corrected chi connectivity index (χ0v) is 16.7. The molecule has 0 aliphatic heterocycles. The predicted molar refractivity (Wildman–Crippen MR) is 119 cm³/mol. The van der Waals surface area contributed by atoms with Gasteiger partial charge in [0, 0.05) is 24.4 Å². The molecule has 1 heterocycles. The Morgan fingerprint density at radius 2 is 1.37 bits per heavy atom. The first-order valence-corrected chi connectivity index (χ1v) is 9.95. The second-order valence-electron chi connectivity index (χ2n) is 6.96. The number of rotatable bonds is 8. The molecule has 0 spiro atoms. The molecule has 0 atom stereocenters. The molecule has 0 radical (unpaired) electrons. The van der Waals surface area contributed by atoms with Crippen molar-refractivity contribution in [3.05, 3.63) is 114 Å². The molecule has 0 aliphatic carbocycles. The van der Waals surface area contributed by atoms with Crippen LogP contribution in [0.3, 0.4) is 0 Å². The Balaban J connectivity index is 1.47. The summed E-state index contributed by atoms with van der Waals surface area (Å²) in [7, 11) is 0. The number of nitrogens with zero attached hydrogens (tertiary/aromatic N) is 1. The smallest absolute Gasteiger partial charge is 0.213 e. The molecule has 0 aliphatic rings. The Hall–Kier alpha value is -3.63. The third-order valence-corrected chi connectivity index (χ3v) is 4.83. The van der Waals surface area contributed by atoms with Crippen molar-refractivity contribution in [2.75, 3.05) is 0 Å². The summed E-state index contributed by atoms with van der Waals surface area (Å²) >= 11 is 0. The monoisotopic (exact) mass is 396 g/mol. The van der Waals surface area contributed by atoms with E-state index >= 15 is 0 Å². The lowest BCUT2D eigenvalue weighted by Gasteiger charge is -2.13. The topological polar surface area (TPSA) is 57.4 Å². The zero-order valence-electron chi connectivity index (χ0n) is 16.7. The van der Waals surface area contributed by atoms with Gasteiger partial charge in [-0.15, -0.1) is 0 Å². The maximum absolute atomic E-state index is 5.98. The number of aromatic nitrogens is 1. The summed E-state index contributed by atoms with van der Waals surface area (Å²) in [4.78, 5) is 4.46. The highest BCUT2D eigenvalue weighted by Gasteiger charge is 2.08. The Kier molecular flexibility index (Phi) is 6.38. The summed E-state index contributed by atoms with van der Waals surface area (Å²) < 4.78 is 11.8. The van der Waals surface area contributed by atoms with Crippen molar-refractivity contribution in [2.45, 2.75) is 19.8 Å². The fourth-order valence-corrected chi connectivity index (χ4v) is 3.19. The van der Waals surface area contributed by atoms with Crippen molar-refractivity contribution >= 4 is 0 Å². The molecule has 150 valence electrons. The van der Waals surface area contributed by atoms with Gasteiger partial charge in [0.2, 0.25) is 5.88 Å². The second-order valence-corrected chi connectivity index (χ2v) is 6.96.